The monoisotopic (exact) mass is 416 g/mol. The number of nitrogen functional groups attached to an aromatic ring is 1. The second kappa shape index (κ2) is 6.96. The van der Waals surface area contributed by atoms with Gasteiger partial charge in [-0.1, -0.05) is 0 Å². The third kappa shape index (κ3) is 3.14. The molecule has 5 heterocycles. The highest BCUT2D eigenvalue weighted by Gasteiger charge is 2.60. The summed E-state index contributed by atoms with van der Waals surface area (Å²) in [5, 5.41) is 4.68. The number of anilines is 2. The number of hydrogen-bond donors (Lipinski definition) is 2. The number of nitrogens with one attached hydrogen (secondary N) is 1. The number of nitrogens with zero attached hydrogens (tertiary/aromatic N) is 4. The fraction of sp³-hybridized carbons (Fsp3) is 0.391. The Labute approximate surface area is 179 Å². The van der Waals surface area contributed by atoms with E-state index < -0.39 is 0 Å². The molecule has 0 radical (unpaired) electrons. The van der Waals surface area contributed by atoms with E-state index >= 15 is 0 Å². The van der Waals surface area contributed by atoms with Gasteiger partial charge in [-0.15, -0.1) is 0 Å². The first-order chi connectivity index (χ1) is 15.1. The van der Waals surface area contributed by atoms with Crippen molar-refractivity contribution in [2.45, 2.75) is 13.0 Å². The van der Waals surface area contributed by atoms with Crippen LogP contribution in [0.5, 0.6) is 0 Å². The number of pyridine rings is 3. The Hall–Kier alpha value is -3.10. The van der Waals surface area contributed by atoms with Gasteiger partial charge in [-0.25, -0.2) is 9.97 Å². The second-order valence-electron chi connectivity index (χ2n) is 8.86. The average Bonchev–Trinajstić information content (AvgIpc) is 3.22. The maximum atomic E-state index is 12.8. The molecule has 31 heavy (non-hydrogen) atoms. The summed E-state index contributed by atoms with van der Waals surface area (Å²) in [4.78, 5) is 28.5. The van der Waals surface area contributed by atoms with E-state index in [0.29, 0.717) is 29.5 Å². The summed E-state index contributed by atoms with van der Waals surface area (Å²) in [6, 6.07) is 6.34. The van der Waals surface area contributed by atoms with Crippen molar-refractivity contribution in [1.29, 1.82) is 0 Å². The Kier molecular flexibility index (Phi) is 4.19. The highest BCUT2D eigenvalue weighted by atomic mass is 16.5. The number of nitrogens with two attached hydrogens (primary N) is 1. The number of hydrogen-bond acceptors (Lipinski definition) is 7. The highest BCUT2D eigenvalue weighted by Crippen LogP contribution is 2.52. The van der Waals surface area contributed by atoms with Gasteiger partial charge in [0.2, 0.25) is 5.91 Å². The standard InChI is InChI=1S/C23H24N6O2/c1-12-2-3-25-6-15(12)19-4-13-5-20(26-7-16(13)22(24)27-19)28-23(30)21-17-8-29(9-18(17)21)14-10-31-11-14/h2-7,14,17-18,21H,8-11H2,1H3,(H2,24,27)(H,26,28,30). The van der Waals surface area contributed by atoms with Crippen molar-refractivity contribution in [2.24, 2.45) is 17.8 Å². The fourth-order valence-corrected chi connectivity index (χ4v) is 5.00. The minimum Gasteiger partial charge on any atom is -0.383 e. The predicted octanol–water partition coefficient (Wildman–Crippen LogP) is 2.10. The van der Waals surface area contributed by atoms with Gasteiger partial charge in [-0.2, -0.15) is 0 Å². The van der Waals surface area contributed by atoms with Crippen LogP contribution >= 0.6 is 0 Å². The molecule has 3 aromatic rings. The van der Waals surface area contributed by atoms with Gasteiger partial charge in [0.25, 0.3) is 0 Å². The third-order valence-corrected chi connectivity index (χ3v) is 6.97. The third-order valence-electron chi connectivity index (χ3n) is 6.97. The van der Waals surface area contributed by atoms with Gasteiger partial charge in [0.15, 0.2) is 0 Å². The van der Waals surface area contributed by atoms with Crippen LogP contribution in [0.3, 0.4) is 0 Å². The van der Waals surface area contributed by atoms with E-state index in [9.17, 15) is 4.79 Å². The number of fused-ring (bicyclic) bond motifs is 2. The zero-order valence-electron chi connectivity index (χ0n) is 17.3. The maximum Gasteiger partial charge on any atom is 0.229 e. The molecule has 158 valence electrons. The molecule has 0 aromatic carbocycles. The molecule has 1 saturated carbocycles. The Balaban J connectivity index is 1.21. The molecule has 3 fully saturated rings. The van der Waals surface area contributed by atoms with Crippen LogP contribution in [0.2, 0.25) is 0 Å². The van der Waals surface area contributed by atoms with Gasteiger partial charge >= 0.3 is 0 Å². The van der Waals surface area contributed by atoms with Crippen LogP contribution in [-0.2, 0) is 9.53 Å². The normalized spacial score (nSPS) is 25.3. The quantitative estimate of drug-likeness (QED) is 0.671. The van der Waals surface area contributed by atoms with Crippen LogP contribution in [0.25, 0.3) is 22.0 Å². The van der Waals surface area contributed by atoms with Crippen molar-refractivity contribution in [3.05, 3.63) is 42.4 Å². The van der Waals surface area contributed by atoms with Gasteiger partial charge in [-0.3, -0.25) is 14.7 Å². The minimum absolute atomic E-state index is 0.0664. The molecule has 2 saturated heterocycles. The minimum atomic E-state index is 0.0664. The maximum absolute atomic E-state index is 12.8. The number of aromatic nitrogens is 3. The van der Waals surface area contributed by atoms with Gasteiger partial charge in [0.1, 0.15) is 11.6 Å². The van der Waals surface area contributed by atoms with E-state index in [4.69, 9.17) is 10.5 Å². The van der Waals surface area contributed by atoms with Crippen molar-refractivity contribution in [1.82, 2.24) is 19.9 Å². The number of amides is 1. The number of carbonyl (C=O) groups excluding carboxylic acids is 1. The lowest BCUT2D eigenvalue weighted by Gasteiger charge is -2.35. The average molecular weight is 416 g/mol. The van der Waals surface area contributed by atoms with Crippen molar-refractivity contribution in [3.8, 4) is 11.3 Å². The smallest absolute Gasteiger partial charge is 0.229 e. The number of carbonyl (C=O) groups is 1. The van der Waals surface area contributed by atoms with Crippen LogP contribution in [0, 0.1) is 24.7 Å². The lowest BCUT2D eigenvalue weighted by molar-refractivity contribution is -0.118. The highest BCUT2D eigenvalue weighted by molar-refractivity contribution is 5.98. The first kappa shape index (κ1) is 18.7. The molecule has 3 N–H and O–H groups in total. The Morgan fingerprint density at radius 2 is 2.03 bits per heavy atom. The molecule has 0 bridgehead atoms. The van der Waals surface area contributed by atoms with Crippen LogP contribution in [0.4, 0.5) is 11.6 Å². The summed E-state index contributed by atoms with van der Waals surface area (Å²) in [5.41, 5.74) is 8.97. The van der Waals surface area contributed by atoms with Crippen LogP contribution in [-0.4, -0.2) is 58.1 Å². The van der Waals surface area contributed by atoms with Crippen molar-refractivity contribution in [2.75, 3.05) is 37.4 Å². The number of rotatable bonds is 4. The molecule has 2 atom stereocenters. The molecule has 8 nitrogen and oxygen atoms in total. The molecular formula is C23H24N6O2. The Morgan fingerprint density at radius 3 is 2.74 bits per heavy atom. The van der Waals surface area contributed by atoms with E-state index in [1.165, 1.54) is 0 Å². The summed E-state index contributed by atoms with van der Waals surface area (Å²) in [6.45, 7) is 5.67. The summed E-state index contributed by atoms with van der Waals surface area (Å²) < 4.78 is 5.29. The van der Waals surface area contributed by atoms with E-state index in [1.807, 2.05) is 25.1 Å². The number of aryl methyl sites for hydroxylation is 1. The molecule has 8 heteroatoms. The molecule has 2 aliphatic heterocycles. The molecule has 3 aliphatic rings. The van der Waals surface area contributed by atoms with Gasteiger partial charge in [0.05, 0.1) is 24.9 Å². The molecular weight excluding hydrogens is 392 g/mol. The Bertz CT molecular complexity index is 1180. The lowest BCUT2D eigenvalue weighted by atomic mass is 10.1. The predicted molar refractivity (Wildman–Crippen MR) is 117 cm³/mol. The largest absolute Gasteiger partial charge is 0.383 e. The van der Waals surface area contributed by atoms with Crippen molar-refractivity contribution < 1.29 is 9.53 Å². The fourth-order valence-electron chi connectivity index (χ4n) is 5.00. The van der Waals surface area contributed by atoms with E-state index in [0.717, 1.165) is 53.9 Å². The second-order valence-corrected chi connectivity index (χ2v) is 8.86. The number of piperidine rings is 1. The topological polar surface area (TPSA) is 106 Å². The van der Waals surface area contributed by atoms with Crippen LogP contribution < -0.4 is 11.1 Å². The van der Waals surface area contributed by atoms with Crippen molar-refractivity contribution >= 4 is 28.3 Å². The number of ether oxygens (including phenoxy) is 1. The molecule has 1 amide bonds. The Morgan fingerprint density at radius 1 is 1.23 bits per heavy atom. The zero-order chi connectivity index (χ0) is 21.1. The SMILES string of the molecule is Cc1ccncc1-c1cc2cc(NC(=O)C3C4CN(C5COC5)CC43)ncc2c(N)n1. The molecule has 1 aliphatic carbocycles. The lowest BCUT2D eigenvalue weighted by Crippen LogP contribution is -2.49. The zero-order valence-corrected chi connectivity index (χ0v) is 17.3. The van der Waals surface area contributed by atoms with Gasteiger partial charge < -0.3 is 15.8 Å². The van der Waals surface area contributed by atoms with Crippen LogP contribution in [0.15, 0.2) is 36.8 Å². The molecule has 3 aromatic heterocycles. The summed E-state index contributed by atoms with van der Waals surface area (Å²) in [6.07, 6.45) is 5.23. The van der Waals surface area contributed by atoms with Gasteiger partial charge in [-0.05, 0) is 47.9 Å². The molecule has 6 rings (SSSR count). The van der Waals surface area contributed by atoms with E-state index in [2.05, 4.69) is 25.2 Å². The summed E-state index contributed by atoms with van der Waals surface area (Å²) in [7, 11) is 0. The van der Waals surface area contributed by atoms with E-state index in [1.54, 1.807) is 18.6 Å². The first-order valence-electron chi connectivity index (χ1n) is 10.7. The van der Waals surface area contributed by atoms with Crippen LogP contribution in [0.1, 0.15) is 5.56 Å². The summed E-state index contributed by atoms with van der Waals surface area (Å²) in [5.74, 6) is 2.04. The summed E-state index contributed by atoms with van der Waals surface area (Å²) >= 11 is 0. The van der Waals surface area contributed by atoms with E-state index in [-0.39, 0.29) is 11.8 Å². The van der Waals surface area contributed by atoms with Crippen molar-refractivity contribution in [3.63, 3.8) is 0 Å². The van der Waals surface area contributed by atoms with Gasteiger partial charge in [0, 0.05) is 48.5 Å². The molecule has 0 spiro atoms. The molecule has 2 unspecified atom stereocenters. The first-order valence-corrected chi connectivity index (χ1v) is 10.7. The number of likely N-dealkylation sites (tertiary alicyclic amines) is 1.